The number of hydrogen-bond acceptors (Lipinski definition) is 5. The van der Waals surface area contributed by atoms with Crippen molar-refractivity contribution in [2.24, 2.45) is 0 Å². The lowest BCUT2D eigenvalue weighted by molar-refractivity contribution is 0.299. The molecule has 0 amide bonds. The predicted molar refractivity (Wildman–Crippen MR) is 51.3 cm³/mol. The number of unbranched alkanes of at least 4 members (excludes halogenated alkanes) is 1. The highest BCUT2D eigenvalue weighted by Gasteiger charge is 2.04. The van der Waals surface area contributed by atoms with Crippen LogP contribution in [0.1, 0.15) is 19.8 Å². The molecular formula is C8H14N4O. The standard InChI is InChI=1S/C8H14N4O/c1-2-3-4-13-8-6(9)7(10)11-5-12-8/h5H,2-4,9H2,1H3,(H2,10,11,12). The van der Waals surface area contributed by atoms with Gasteiger partial charge in [-0.2, -0.15) is 4.98 Å². The van der Waals surface area contributed by atoms with Gasteiger partial charge in [-0.05, 0) is 6.42 Å². The highest BCUT2D eigenvalue weighted by Crippen LogP contribution is 2.21. The Balaban J connectivity index is 2.61. The number of aromatic nitrogens is 2. The largest absolute Gasteiger partial charge is 0.476 e. The summed E-state index contributed by atoms with van der Waals surface area (Å²) in [4.78, 5) is 7.60. The lowest BCUT2D eigenvalue weighted by Crippen LogP contribution is -2.05. The lowest BCUT2D eigenvalue weighted by Gasteiger charge is -2.07. The number of rotatable bonds is 4. The van der Waals surface area contributed by atoms with Crippen LogP contribution in [0.2, 0.25) is 0 Å². The lowest BCUT2D eigenvalue weighted by atomic mass is 10.4. The van der Waals surface area contributed by atoms with Gasteiger partial charge < -0.3 is 16.2 Å². The van der Waals surface area contributed by atoms with Crippen LogP contribution in [0.15, 0.2) is 6.33 Å². The van der Waals surface area contributed by atoms with Crippen molar-refractivity contribution in [2.45, 2.75) is 19.8 Å². The van der Waals surface area contributed by atoms with E-state index in [1.165, 1.54) is 6.33 Å². The zero-order valence-electron chi connectivity index (χ0n) is 7.66. The molecule has 0 aliphatic carbocycles. The Bertz CT molecular complexity index is 277. The topological polar surface area (TPSA) is 87.0 Å². The number of anilines is 2. The molecule has 1 aromatic heterocycles. The van der Waals surface area contributed by atoms with Gasteiger partial charge in [0.2, 0.25) is 5.88 Å². The van der Waals surface area contributed by atoms with Crippen LogP contribution in [0.25, 0.3) is 0 Å². The number of ether oxygens (including phenoxy) is 1. The Morgan fingerprint density at radius 1 is 1.38 bits per heavy atom. The van der Waals surface area contributed by atoms with E-state index in [2.05, 4.69) is 16.9 Å². The summed E-state index contributed by atoms with van der Waals surface area (Å²) in [6.45, 7) is 2.69. The van der Waals surface area contributed by atoms with E-state index in [-0.39, 0.29) is 5.82 Å². The second kappa shape index (κ2) is 4.49. The maximum absolute atomic E-state index is 5.59. The van der Waals surface area contributed by atoms with Crippen LogP contribution in [0.5, 0.6) is 5.88 Å². The molecule has 0 unspecified atom stereocenters. The van der Waals surface area contributed by atoms with Gasteiger partial charge in [0, 0.05) is 0 Å². The summed E-state index contributed by atoms with van der Waals surface area (Å²) >= 11 is 0. The molecule has 0 aliphatic rings. The Morgan fingerprint density at radius 2 is 2.15 bits per heavy atom. The predicted octanol–water partition coefficient (Wildman–Crippen LogP) is 0.820. The van der Waals surface area contributed by atoms with Crippen LogP contribution in [0.3, 0.4) is 0 Å². The van der Waals surface area contributed by atoms with E-state index in [1.807, 2.05) is 0 Å². The minimum absolute atomic E-state index is 0.265. The first-order valence-electron chi connectivity index (χ1n) is 4.24. The average Bonchev–Trinajstić information content (AvgIpc) is 2.13. The third kappa shape index (κ3) is 2.47. The van der Waals surface area contributed by atoms with Crippen molar-refractivity contribution < 1.29 is 4.74 Å². The van der Waals surface area contributed by atoms with Crippen molar-refractivity contribution in [1.82, 2.24) is 9.97 Å². The van der Waals surface area contributed by atoms with E-state index in [0.29, 0.717) is 18.2 Å². The summed E-state index contributed by atoms with van der Waals surface area (Å²) in [6.07, 6.45) is 3.39. The molecule has 0 radical (unpaired) electrons. The van der Waals surface area contributed by atoms with Gasteiger partial charge in [0.1, 0.15) is 12.0 Å². The molecule has 0 bridgehead atoms. The zero-order valence-corrected chi connectivity index (χ0v) is 7.66. The molecule has 4 N–H and O–H groups in total. The third-order valence-electron chi connectivity index (χ3n) is 1.61. The van der Waals surface area contributed by atoms with Crippen LogP contribution in [0.4, 0.5) is 11.5 Å². The van der Waals surface area contributed by atoms with Gasteiger partial charge in [-0.3, -0.25) is 0 Å². The minimum atomic E-state index is 0.265. The Morgan fingerprint density at radius 3 is 2.85 bits per heavy atom. The number of nitrogens with zero attached hydrogens (tertiary/aromatic N) is 2. The summed E-state index contributed by atoms with van der Waals surface area (Å²) in [5.74, 6) is 0.641. The van der Waals surface area contributed by atoms with Crippen molar-refractivity contribution in [2.75, 3.05) is 18.1 Å². The second-order valence-electron chi connectivity index (χ2n) is 2.68. The molecule has 0 saturated carbocycles. The first kappa shape index (κ1) is 9.57. The summed E-state index contributed by atoms with van der Waals surface area (Å²) in [5.41, 5.74) is 11.4. The van der Waals surface area contributed by atoms with Crippen molar-refractivity contribution in [3.8, 4) is 5.88 Å². The van der Waals surface area contributed by atoms with Crippen LogP contribution in [0, 0.1) is 0 Å². The highest BCUT2D eigenvalue weighted by molar-refractivity contribution is 5.63. The summed E-state index contributed by atoms with van der Waals surface area (Å²) in [5, 5.41) is 0. The minimum Gasteiger partial charge on any atom is -0.476 e. The van der Waals surface area contributed by atoms with E-state index in [4.69, 9.17) is 16.2 Å². The van der Waals surface area contributed by atoms with Gasteiger partial charge >= 0.3 is 0 Å². The zero-order chi connectivity index (χ0) is 9.68. The number of hydrogen-bond donors (Lipinski definition) is 2. The monoisotopic (exact) mass is 182 g/mol. The Kier molecular flexibility index (Phi) is 3.31. The van der Waals surface area contributed by atoms with Crippen molar-refractivity contribution >= 4 is 11.5 Å². The normalized spacial score (nSPS) is 9.92. The molecule has 1 heterocycles. The molecule has 0 saturated heterocycles. The SMILES string of the molecule is CCCCOc1ncnc(N)c1N. The van der Waals surface area contributed by atoms with Gasteiger partial charge in [0.15, 0.2) is 5.82 Å². The molecule has 72 valence electrons. The maximum atomic E-state index is 5.59. The first-order chi connectivity index (χ1) is 6.25. The Hall–Kier alpha value is -1.52. The molecule has 5 heteroatoms. The van der Waals surface area contributed by atoms with Crippen molar-refractivity contribution in [1.29, 1.82) is 0 Å². The van der Waals surface area contributed by atoms with Gasteiger partial charge in [-0.25, -0.2) is 4.98 Å². The van der Waals surface area contributed by atoms with Crippen LogP contribution >= 0.6 is 0 Å². The quantitative estimate of drug-likeness (QED) is 0.673. The molecule has 0 aromatic carbocycles. The Labute approximate surface area is 77.1 Å². The van der Waals surface area contributed by atoms with Gasteiger partial charge in [-0.1, -0.05) is 13.3 Å². The van der Waals surface area contributed by atoms with E-state index in [9.17, 15) is 0 Å². The number of nitrogen functional groups attached to an aromatic ring is 2. The fraction of sp³-hybridized carbons (Fsp3) is 0.500. The molecular weight excluding hydrogens is 168 g/mol. The fourth-order valence-electron chi connectivity index (χ4n) is 0.820. The van der Waals surface area contributed by atoms with Gasteiger partial charge in [0.05, 0.1) is 6.61 Å². The summed E-state index contributed by atoms with van der Waals surface area (Å²) in [7, 11) is 0. The van der Waals surface area contributed by atoms with Crippen LogP contribution < -0.4 is 16.2 Å². The van der Waals surface area contributed by atoms with Crippen LogP contribution in [-0.4, -0.2) is 16.6 Å². The molecule has 0 fully saturated rings. The van der Waals surface area contributed by atoms with E-state index in [0.717, 1.165) is 12.8 Å². The van der Waals surface area contributed by atoms with Crippen LogP contribution in [-0.2, 0) is 0 Å². The van der Waals surface area contributed by atoms with Gasteiger partial charge in [-0.15, -0.1) is 0 Å². The highest BCUT2D eigenvalue weighted by atomic mass is 16.5. The third-order valence-corrected chi connectivity index (χ3v) is 1.61. The van der Waals surface area contributed by atoms with E-state index in [1.54, 1.807) is 0 Å². The second-order valence-corrected chi connectivity index (χ2v) is 2.68. The smallest absolute Gasteiger partial charge is 0.242 e. The fourth-order valence-corrected chi connectivity index (χ4v) is 0.820. The van der Waals surface area contributed by atoms with Gasteiger partial charge in [0.25, 0.3) is 0 Å². The molecule has 0 aliphatic heterocycles. The van der Waals surface area contributed by atoms with E-state index >= 15 is 0 Å². The maximum Gasteiger partial charge on any atom is 0.242 e. The molecule has 5 nitrogen and oxygen atoms in total. The van der Waals surface area contributed by atoms with Crippen molar-refractivity contribution in [3.05, 3.63) is 6.33 Å². The first-order valence-corrected chi connectivity index (χ1v) is 4.24. The summed E-state index contributed by atoms with van der Waals surface area (Å²) in [6, 6.07) is 0. The molecule has 0 atom stereocenters. The summed E-state index contributed by atoms with van der Waals surface area (Å²) < 4.78 is 5.30. The van der Waals surface area contributed by atoms with E-state index < -0.39 is 0 Å². The average molecular weight is 182 g/mol. The molecule has 1 rings (SSSR count). The molecule has 0 spiro atoms. The molecule has 13 heavy (non-hydrogen) atoms. The molecule has 1 aromatic rings. The number of nitrogens with two attached hydrogens (primary N) is 2. The van der Waals surface area contributed by atoms with Crippen molar-refractivity contribution in [3.63, 3.8) is 0 Å².